The second-order valence-corrected chi connectivity index (χ2v) is 7.46. The summed E-state index contributed by atoms with van der Waals surface area (Å²) in [5, 5.41) is 13.2. The van der Waals surface area contributed by atoms with Crippen LogP contribution >= 0.6 is 0 Å². The third-order valence-corrected chi connectivity index (χ3v) is 5.37. The molecule has 1 amide bonds. The van der Waals surface area contributed by atoms with Crippen LogP contribution in [-0.4, -0.2) is 48.9 Å². The molecule has 1 aromatic heterocycles. The van der Waals surface area contributed by atoms with Crippen molar-refractivity contribution in [2.75, 3.05) is 43.1 Å². The zero-order valence-corrected chi connectivity index (χ0v) is 16.9. The summed E-state index contributed by atoms with van der Waals surface area (Å²) in [5.74, 6) is -0.210. The maximum absolute atomic E-state index is 13.2. The fourth-order valence-electron chi connectivity index (χ4n) is 3.83. The molecule has 0 bridgehead atoms. The standard InChI is InChI=1S/C23H25N3O4/c1-15-12-22(28)25-20-4-3-17(14-18(15)20)24-23(29)19-13-16(6-9-27)2-5-21(19)26-7-10-30-11-8-26/h2-5,12-14,27H,6-11H2,1H3,(H,24,29)(H,25,28). The molecule has 1 aliphatic rings. The maximum Gasteiger partial charge on any atom is 0.257 e. The van der Waals surface area contributed by atoms with Crippen molar-refractivity contribution in [2.45, 2.75) is 13.3 Å². The number of nitrogens with one attached hydrogen (secondary N) is 2. The van der Waals surface area contributed by atoms with Crippen molar-refractivity contribution in [1.82, 2.24) is 4.98 Å². The topological polar surface area (TPSA) is 94.7 Å². The highest BCUT2D eigenvalue weighted by molar-refractivity contribution is 6.09. The molecule has 3 N–H and O–H groups in total. The molecule has 0 unspecified atom stereocenters. The van der Waals surface area contributed by atoms with E-state index in [2.05, 4.69) is 15.2 Å². The van der Waals surface area contributed by atoms with Gasteiger partial charge in [0.15, 0.2) is 0 Å². The zero-order chi connectivity index (χ0) is 21.1. The number of aromatic nitrogens is 1. The van der Waals surface area contributed by atoms with E-state index in [1.165, 1.54) is 0 Å². The number of aryl methyl sites for hydroxylation is 1. The molecule has 1 fully saturated rings. The summed E-state index contributed by atoms with van der Waals surface area (Å²) in [6.45, 7) is 4.60. The second-order valence-electron chi connectivity index (χ2n) is 7.46. The van der Waals surface area contributed by atoms with Gasteiger partial charge in [0.05, 0.1) is 18.8 Å². The van der Waals surface area contributed by atoms with E-state index in [-0.39, 0.29) is 18.1 Å². The molecule has 1 aliphatic heterocycles. The highest BCUT2D eigenvalue weighted by Gasteiger charge is 2.20. The molecular weight excluding hydrogens is 382 g/mol. The molecule has 4 rings (SSSR count). The molecule has 2 heterocycles. The van der Waals surface area contributed by atoms with Crippen LogP contribution in [0.3, 0.4) is 0 Å². The van der Waals surface area contributed by atoms with Crippen molar-refractivity contribution in [3.63, 3.8) is 0 Å². The highest BCUT2D eigenvalue weighted by Crippen LogP contribution is 2.26. The summed E-state index contributed by atoms with van der Waals surface area (Å²) < 4.78 is 5.44. The van der Waals surface area contributed by atoms with E-state index >= 15 is 0 Å². The molecule has 0 spiro atoms. The van der Waals surface area contributed by atoms with Gasteiger partial charge in [-0.05, 0) is 54.8 Å². The van der Waals surface area contributed by atoms with Gasteiger partial charge < -0.3 is 25.0 Å². The fraction of sp³-hybridized carbons (Fsp3) is 0.304. The lowest BCUT2D eigenvalue weighted by Gasteiger charge is -2.30. The number of pyridine rings is 1. The van der Waals surface area contributed by atoms with Gasteiger partial charge in [-0.2, -0.15) is 0 Å². The monoisotopic (exact) mass is 407 g/mol. The lowest BCUT2D eigenvalue weighted by Crippen LogP contribution is -2.37. The smallest absolute Gasteiger partial charge is 0.257 e. The fourth-order valence-corrected chi connectivity index (χ4v) is 3.83. The Balaban J connectivity index is 1.67. The van der Waals surface area contributed by atoms with Crippen LogP contribution in [0.4, 0.5) is 11.4 Å². The van der Waals surface area contributed by atoms with Gasteiger partial charge in [-0.15, -0.1) is 0 Å². The first-order valence-electron chi connectivity index (χ1n) is 10.1. The van der Waals surface area contributed by atoms with Crippen molar-refractivity contribution in [3.05, 3.63) is 69.5 Å². The molecule has 0 saturated carbocycles. The van der Waals surface area contributed by atoms with E-state index in [9.17, 15) is 14.7 Å². The molecule has 7 nitrogen and oxygen atoms in total. The number of benzene rings is 2. The van der Waals surface area contributed by atoms with Gasteiger partial charge in [0.25, 0.3) is 5.91 Å². The first kappa shape index (κ1) is 20.1. The zero-order valence-electron chi connectivity index (χ0n) is 16.9. The molecule has 3 aromatic rings. The van der Waals surface area contributed by atoms with Crippen LogP contribution in [0.5, 0.6) is 0 Å². The van der Waals surface area contributed by atoms with E-state index < -0.39 is 0 Å². The van der Waals surface area contributed by atoms with Crippen molar-refractivity contribution >= 4 is 28.2 Å². The van der Waals surface area contributed by atoms with Crippen molar-refractivity contribution in [2.24, 2.45) is 0 Å². The second kappa shape index (κ2) is 8.69. The minimum absolute atomic E-state index is 0.0279. The molecule has 7 heteroatoms. The molecular formula is C23H25N3O4. The van der Waals surface area contributed by atoms with Crippen LogP contribution < -0.4 is 15.8 Å². The Morgan fingerprint density at radius 2 is 1.97 bits per heavy atom. The summed E-state index contributed by atoms with van der Waals surface area (Å²) in [4.78, 5) is 29.8. The Kier molecular flexibility index (Phi) is 5.83. The predicted octanol–water partition coefficient (Wildman–Crippen LogP) is 2.46. The molecule has 30 heavy (non-hydrogen) atoms. The molecule has 2 aromatic carbocycles. The van der Waals surface area contributed by atoms with Crippen molar-refractivity contribution in [3.8, 4) is 0 Å². The average Bonchev–Trinajstić information content (AvgIpc) is 2.75. The minimum atomic E-state index is -0.210. The molecule has 0 radical (unpaired) electrons. The van der Waals surface area contributed by atoms with Gasteiger partial charge in [-0.3, -0.25) is 9.59 Å². The summed E-state index contributed by atoms with van der Waals surface area (Å²) in [6, 6.07) is 12.7. The summed E-state index contributed by atoms with van der Waals surface area (Å²) in [5.41, 5.74) is 4.43. The number of nitrogens with zero attached hydrogens (tertiary/aromatic N) is 1. The van der Waals surface area contributed by atoms with E-state index in [0.29, 0.717) is 30.9 Å². The van der Waals surface area contributed by atoms with Gasteiger partial charge in [0.2, 0.25) is 5.56 Å². The summed E-state index contributed by atoms with van der Waals surface area (Å²) in [6.07, 6.45) is 0.492. The minimum Gasteiger partial charge on any atom is -0.396 e. The van der Waals surface area contributed by atoms with Gasteiger partial charge >= 0.3 is 0 Å². The first-order valence-corrected chi connectivity index (χ1v) is 10.1. The highest BCUT2D eigenvalue weighted by atomic mass is 16.5. The number of morpholine rings is 1. The Labute approximate surface area is 174 Å². The normalized spacial score (nSPS) is 14.1. The predicted molar refractivity (Wildman–Crippen MR) is 118 cm³/mol. The third-order valence-electron chi connectivity index (χ3n) is 5.37. The quantitative estimate of drug-likeness (QED) is 0.604. The van der Waals surface area contributed by atoms with Crippen molar-refractivity contribution in [1.29, 1.82) is 0 Å². The third kappa shape index (κ3) is 4.22. The van der Waals surface area contributed by atoms with Gasteiger partial charge in [0.1, 0.15) is 0 Å². The Hall–Kier alpha value is -3.16. The lowest BCUT2D eigenvalue weighted by molar-refractivity contribution is 0.102. The van der Waals surface area contributed by atoms with E-state index in [4.69, 9.17) is 4.74 Å². The number of anilines is 2. The number of rotatable bonds is 5. The number of ether oxygens (including phenoxy) is 1. The summed E-state index contributed by atoms with van der Waals surface area (Å²) >= 11 is 0. The van der Waals surface area contributed by atoms with Crippen LogP contribution in [0.2, 0.25) is 0 Å². The number of aromatic amines is 1. The molecule has 1 saturated heterocycles. The number of carbonyl (C=O) groups is 1. The number of carbonyl (C=O) groups excluding carboxylic acids is 1. The molecule has 156 valence electrons. The van der Waals surface area contributed by atoms with Crippen LogP contribution in [0.1, 0.15) is 21.5 Å². The van der Waals surface area contributed by atoms with Crippen LogP contribution in [0.15, 0.2) is 47.3 Å². The number of amides is 1. The number of aliphatic hydroxyl groups excluding tert-OH is 1. The first-order chi connectivity index (χ1) is 14.5. The lowest BCUT2D eigenvalue weighted by atomic mass is 10.0. The van der Waals surface area contributed by atoms with E-state index in [0.717, 1.165) is 40.8 Å². The van der Waals surface area contributed by atoms with Crippen LogP contribution in [0.25, 0.3) is 10.9 Å². The van der Waals surface area contributed by atoms with E-state index in [1.807, 2.05) is 31.2 Å². The SMILES string of the molecule is Cc1cc(=O)[nH]c2ccc(NC(=O)c3cc(CCO)ccc3N3CCOCC3)cc12. The Morgan fingerprint density at radius 3 is 2.73 bits per heavy atom. The molecule has 0 atom stereocenters. The number of H-pyrrole nitrogens is 1. The largest absolute Gasteiger partial charge is 0.396 e. The number of hydrogen-bond donors (Lipinski definition) is 3. The summed E-state index contributed by atoms with van der Waals surface area (Å²) in [7, 11) is 0. The number of aliphatic hydroxyl groups is 1. The number of fused-ring (bicyclic) bond motifs is 1. The molecule has 0 aliphatic carbocycles. The van der Waals surface area contributed by atoms with Gasteiger partial charge in [-0.1, -0.05) is 6.07 Å². The van der Waals surface area contributed by atoms with Gasteiger partial charge in [-0.25, -0.2) is 0 Å². The maximum atomic E-state index is 13.2. The van der Waals surface area contributed by atoms with E-state index in [1.54, 1.807) is 18.2 Å². The van der Waals surface area contributed by atoms with Crippen molar-refractivity contribution < 1.29 is 14.6 Å². The Bertz CT molecular complexity index is 1130. The van der Waals surface area contributed by atoms with Crippen LogP contribution in [-0.2, 0) is 11.2 Å². The van der Waals surface area contributed by atoms with Crippen LogP contribution in [0, 0.1) is 6.92 Å². The average molecular weight is 407 g/mol. The van der Waals surface area contributed by atoms with Gasteiger partial charge in [0, 0.05) is 48.0 Å². The Morgan fingerprint density at radius 1 is 1.17 bits per heavy atom. The number of hydrogen-bond acceptors (Lipinski definition) is 5.